The third kappa shape index (κ3) is 4.93. The van der Waals surface area contributed by atoms with Crippen LogP contribution in [0.5, 0.6) is 0 Å². The molecule has 0 rings (SSSR count). The highest BCUT2D eigenvalue weighted by atomic mass is 35.5. The van der Waals surface area contributed by atoms with Crippen molar-refractivity contribution in [1.82, 2.24) is 16.0 Å². The zero-order chi connectivity index (χ0) is 15.9. The van der Waals surface area contributed by atoms with Crippen molar-refractivity contribution < 1.29 is 19.1 Å². The maximum atomic E-state index is 13.9. The van der Waals surface area contributed by atoms with Gasteiger partial charge in [0.2, 0.25) is 6.35 Å². The van der Waals surface area contributed by atoms with Crippen LogP contribution >= 0.6 is 11.6 Å². The van der Waals surface area contributed by atoms with E-state index < -0.39 is 17.9 Å². The van der Waals surface area contributed by atoms with Gasteiger partial charge < -0.3 is 10.2 Å². The highest BCUT2D eigenvalue weighted by Crippen LogP contribution is 2.23. The second-order valence-electron chi connectivity index (χ2n) is 3.64. The van der Waals surface area contributed by atoms with Crippen LogP contribution in [0.15, 0.2) is 46.6 Å². The number of hydrazine groups is 1. The lowest BCUT2D eigenvalue weighted by Crippen LogP contribution is -2.48. The fourth-order valence-corrected chi connectivity index (χ4v) is 1.51. The number of aliphatic hydroxyl groups is 2. The van der Waals surface area contributed by atoms with Crippen molar-refractivity contribution in [2.75, 3.05) is 7.05 Å². The first-order chi connectivity index (χ1) is 9.29. The number of aliphatic hydroxyl groups excluding tert-OH is 2. The minimum absolute atomic E-state index is 0.0463. The van der Waals surface area contributed by atoms with Crippen molar-refractivity contribution in [3.05, 3.63) is 46.6 Å². The Bertz CT molecular complexity index is 446. The van der Waals surface area contributed by atoms with E-state index in [2.05, 4.69) is 12.0 Å². The van der Waals surface area contributed by atoms with E-state index in [4.69, 9.17) is 11.6 Å². The summed E-state index contributed by atoms with van der Waals surface area (Å²) in [7, 11) is 1.35. The van der Waals surface area contributed by atoms with Crippen LogP contribution in [0.3, 0.4) is 0 Å². The molecule has 114 valence electrons. The van der Waals surface area contributed by atoms with Crippen LogP contribution in [0.1, 0.15) is 13.8 Å². The van der Waals surface area contributed by atoms with E-state index in [0.29, 0.717) is 0 Å². The van der Waals surface area contributed by atoms with Crippen LogP contribution < -0.4 is 11.0 Å². The number of nitrogens with zero attached hydrogens (tertiary/aromatic N) is 1. The standard InChI is InChI=1S/C12H18ClF2N3O2/c1-5-10(14)11(18(16-4)12(20)17-15)6-9(7(2)13)8(3)19/h5-6,12,16-17,19-20H,3H2,1-2,4H3/b9-7-,10-5+,11-6+. The van der Waals surface area contributed by atoms with Crippen molar-refractivity contribution in [1.29, 1.82) is 0 Å². The summed E-state index contributed by atoms with van der Waals surface area (Å²) in [6.07, 6.45) is 0.375. The molecule has 0 aromatic carbocycles. The van der Waals surface area contributed by atoms with Gasteiger partial charge >= 0.3 is 0 Å². The SMILES string of the molecule is C=C(O)C(/C=C(\C(F)=C/C)N(NC)C(O)NF)=C(/C)Cl. The Morgan fingerprint density at radius 2 is 2.05 bits per heavy atom. The maximum absolute atomic E-state index is 13.9. The Balaban J connectivity index is 5.92. The van der Waals surface area contributed by atoms with E-state index in [1.54, 1.807) is 0 Å². The highest BCUT2D eigenvalue weighted by Gasteiger charge is 2.21. The van der Waals surface area contributed by atoms with Gasteiger partial charge in [-0.3, -0.25) is 5.01 Å². The summed E-state index contributed by atoms with van der Waals surface area (Å²) in [5.41, 5.74) is 3.26. The summed E-state index contributed by atoms with van der Waals surface area (Å²) in [5.74, 6) is -1.16. The fraction of sp³-hybridized carbons (Fsp3) is 0.333. The summed E-state index contributed by atoms with van der Waals surface area (Å²) in [4.78, 5) is 0. The molecule has 0 bridgehead atoms. The predicted octanol–water partition coefficient (Wildman–Crippen LogP) is 2.51. The van der Waals surface area contributed by atoms with Crippen LogP contribution in [-0.4, -0.2) is 28.6 Å². The average Bonchev–Trinajstić information content (AvgIpc) is 2.40. The molecule has 0 amide bonds. The molecule has 20 heavy (non-hydrogen) atoms. The fourth-order valence-electron chi connectivity index (χ4n) is 1.34. The molecule has 1 atom stereocenters. The predicted molar refractivity (Wildman–Crippen MR) is 74.4 cm³/mol. The van der Waals surface area contributed by atoms with Gasteiger partial charge in [-0.25, -0.2) is 9.82 Å². The average molecular weight is 310 g/mol. The van der Waals surface area contributed by atoms with Crippen LogP contribution in [0, 0.1) is 0 Å². The largest absolute Gasteiger partial charge is 0.508 e. The molecule has 0 aliphatic rings. The van der Waals surface area contributed by atoms with Crippen molar-refractivity contribution in [2.45, 2.75) is 20.2 Å². The molecule has 0 aliphatic heterocycles. The van der Waals surface area contributed by atoms with Gasteiger partial charge in [0, 0.05) is 17.7 Å². The lowest BCUT2D eigenvalue weighted by atomic mass is 10.1. The lowest BCUT2D eigenvalue weighted by Gasteiger charge is -2.28. The van der Waals surface area contributed by atoms with E-state index in [1.807, 2.05) is 0 Å². The summed E-state index contributed by atoms with van der Waals surface area (Å²) in [5, 5.41) is 19.8. The molecular formula is C12H18ClF2N3O2. The molecule has 0 radical (unpaired) electrons. The molecule has 0 spiro atoms. The molecule has 0 aromatic rings. The number of hydrogen-bond donors (Lipinski definition) is 4. The summed E-state index contributed by atoms with van der Waals surface area (Å²) >= 11 is 5.77. The number of nitrogens with one attached hydrogen (secondary N) is 2. The monoisotopic (exact) mass is 309 g/mol. The van der Waals surface area contributed by atoms with Crippen LogP contribution in [0.25, 0.3) is 0 Å². The Morgan fingerprint density at radius 3 is 2.35 bits per heavy atom. The molecule has 0 aliphatic carbocycles. The Kier molecular flexibility index (Phi) is 8.09. The smallest absolute Gasteiger partial charge is 0.224 e. The van der Waals surface area contributed by atoms with E-state index in [9.17, 15) is 19.1 Å². The van der Waals surface area contributed by atoms with Crippen molar-refractivity contribution in [3.63, 3.8) is 0 Å². The van der Waals surface area contributed by atoms with E-state index in [-0.39, 0.29) is 16.3 Å². The maximum Gasteiger partial charge on any atom is 0.224 e. The second-order valence-corrected chi connectivity index (χ2v) is 4.20. The molecule has 0 saturated carbocycles. The first kappa shape index (κ1) is 18.6. The third-order valence-corrected chi connectivity index (χ3v) is 2.51. The van der Waals surface area contributed by atoms with Crippen molar-refractivity contribution >= 4 is 11.6 Å². The van der Waals surface area contributed by atoms with E-state index in [1.165, 1.54) is 20.9 Å². The summed E-state index contributed by atoms with van der Waals surface area (Å²) in [6, 6.07) is 0. The quantitative estimate of drug-likeness (QED) is 0.191. The summed E-state index contributed by atoms with van der Waals surface area (Å²) < 4.78 is 26.2. The zero-order valence-electron chi connectivity index (χ0n) is 11.4. The van der Waals surface area contributed by atoms with Gasteiger partial charge in [-0.2, -0.15) is 0 Å². The number of hydrogen-bond acceptors (Lipinski definition) is 5. The topological polar surface area (TPSA) is 67.8 Å². The Labute approximate surface area is 121 Å². The van der Waals surface area contributed by atoms with Gasteiger partial charge in [0.25, 0.3) is 0 Å². The van der Waals surface area contributed by atoms with Gasteiger partial charge in [0.15, 0.2) is 0 Å². The minimum Gasteiger partial charge on any atom is -0.508 e. The van der Waals surface area contributed by atoms with Crippen LogP contribution in [0.2, 0.25) is 0 Å². The highest BCUT2D eigenvalue weighted by molar-refractivity contribution is 6.30. The number of allylic oxidation sites excluding steroid dienone is 4. The van der Waals surface area contributed by atoms with E-state index in [0.717, 1.165) is 22.7 Å². The third-order valence-electron chi connectivity index (χ3n) is 2.30. The molecule has 0 saturated heterocycles. The molecule has 0 aromatic heterocycles. The number of rotatable bonds is 7. The van der Waals surface area contributed by atoms with Gasteiger partial charge in [-0.1, -0.05) is 18.2 Å². The first-order valence-corrected chi connectivity index (χ1v) is 5.97. The molecular weight excluding hydrogens is 292 g/mol. The molecule has 4 N–H and O–H groups in total. The lowest BCUT2D eigenvalue weighted by molar-refractivity contribution is -0.0661. The first-order valence-electron chi connectivity index (χ1n) is 5.59. The number of halogens is 3. The van der Waals surface area contributed by atoms with Gasteiger partial charge in [-0.05, 0) is 26.0 Å². The van der Waals surface area contributed by atoms with Crippen LogP contribution in [-0.2, 0) is 0 Å². The molecule has 1 unspecified atom stereocenters. The Morgan fingerprint density at radius 1 is 1.50 bits per heavy atom. The molecule has 0 fully saturated rings. The minimum atomic E-state index is -1.85. The molecule has 5 nitrogen and oxygen atoms in total. The zero-order valence-corrected chi connectivity index (χ0v) is 12.2. The summed E-state index contributed by atoms with van der Waals surface area (Å²) in [6.45, 7) is 6.18. The Hall–Kier alpha value is -1.41. The van der Waals surface area contributed by atoms with Crippen molar-refractivity contribution in [3.8, 4) is 0 Å². The van der Waals surface area contributed by atoms with Crippen LogP contribution in [0.4, 0.5) is 8.87 Å². The molecule has 0 heterocycles. The van der Waals surface area contributed by atoms with Gasteiger partial charge in [0.1, 0.15) is 11.6 Å². The second kappa shape index (κ2) is 8.70. The van der Waals surface area contributed by atoms with Gasteiger partial charge in [0.05, 0.1) is 5.70 Å². The normalized spacial score (nSPS) is 15.8. The van der Waals surface area contributed by atoms with Crippen molar-refractivity contribution in [2.24, 2.45) is 0 Å². The molecule has 8 heteroatoms. The van der Waals surface area contributed by atoms with Gasteiger partial charge in [-0.15, -0.1) is 10.0 Å². The van der Waals surface area contributed by atoms with E-state index >= 15 is 0 Å².